The van der Waals surface area contributed by atoms with Crippen LogP contribution >= 0.6 is 0 Å². The number of nitrogens with zero attached hydrogens (tertiary/aromatic N) is 2. The molecule has 1 N–H and O–H groups in total. The van der Waals surface area contributed by atoms with Gasteiger partial charge in [0.1, 0.15) is 6.33 Å². The Kier molecular flexibility index (Phi) is 6.11. The number of hydrogen-bond donors (Lipinski definition) is 1. The van der Waals surface area contributed by atoms with Crippen molar-refractivity contribution in [1.82, 2.24) is 15.3 Å². The fourth-order valence-electron chi connectivity index (χ4n) is 1.98. The average Bonchev–Trinajstić information content (AvgIpc) is 2.60. The van der Waals surface area contributed by atoms with Gasteiger partial charge in [0, 0.05) is 25.0 Å². The number of carbonyl (C=O) groups is 1. The first kappa shape index (κ1) is 16.5. The summed E-state index contributed by atoms with van der Waals surface area (Å²) in [5, 5.41) is 2.82. The number of ether oxygens (including phenoxy) is 2. The lowest BCUT2D eigenvalue weighted by molar-refractivity contribution is -0.116. The highest BCUT2D eigenvalue weighted by Gasteiger charge is 2.03. The summed E-state index contributed by atoms with van der Waals surface area (Å²) in [6.45, 7) is 0.530. The van der Waals surface area contributed by atoms with Crippen molar-refractivity contribution in [3.8, 4) is 11.5 Å². The fourth-order valence-corrected chi connectivity index (χ4v) is 1.98. The molecular weight excluding hydrogens is 294 g/mol. The normalized spacial score (nSPS) is 10.5. The molecule has 0 saturated carbocycles. The van der Waals surface area contributed by atoms with Gasteiger partial charge in [-0.3, -0.25) is 4.79 Å². The smallest absolute Gasteiger partial charge is 0.244 e. The minimum Gasteiger partial charge on any atom is -0.493 e. The molecule has 0 saturated heterocycles. The molecule has 23 heavy (non-hydrogen) atoms. The summed E-state index contributed by atoms with van der Waals surface area (Å²) in [6, 6.07) is 5.46. The molecule has 2 aromatic rings. The Hall–Kier alpha value is -2.89. The van der Waals surface area contributed by atoms with E-state index in [1.54, 1.807) is 38.8 Å². The molecule has 0 radical (unpaired) electrons. The highest BCUT2D eigenvalue weighted by Crippen LogP contribution is 2.27. The molecule has 0 atom stereocenters. The molecule has 2 rings (SSSR count). The van der Waals surface area contributed by atoms with Crippen LogP contribution < -0.4 is 14.8 Å². The maximum absolute atomic E-state index is 11.8. The van der Waals surface area contributed by atoms with Crippen molar-refractivity contribution in [3.63, 3.8) is 0 Å². The number of aromatic nitrogens is 2. The maximum Gasteiger partial charge on any atom is 0.244 e. The second-order valence-electron chi connectivity index (χ2n) is 4.74. The summed E-state index contributed by atoms with van der Waals surface area (Å²) >= 11 is 0. The van der Waals surface area contributed by atoms with Crippen molar-refractivity contribution in [2.75, 3.05) is 20.8 Å². The first-order valence-electron chi connectivity index (χ1n) is 7.14. The fraction of sp³-hybridized carbons (Fsp3) is 0.235. The first-order chi connectivity index (χ1) is 11.2. The van der Waals surface area contributed by atoms with Gasteiger partial charge in [0.05, 0.1) is 14.2 Å². The third-order valence-corrected chi connectivity index (χ3v) is 3.16. The quantitative estimate of drug-likeness (QED) is 0.790. The molecule has 1 aromatic carbocycles. The summed E-state index contributed by atoms with van der Waals surface area (Å²) in [6.07, 6.45) is 8.85. The van der Waals surface area contributed by atoms with E-state index < -0.39 is 0 Å². The van der Waals surface area contributed by atoms with Gasteiger partial charge in [-0.05, 0) is 35.8 Å². The van der Waals surface area contributed by atoms with Gasteiger partial charge >= 0.3 is 0 Å². The minimum atomic E-state index is -0.156. The topological polar surface area (TPSA) is 73.3 Å². The SMILES string of the molecule is COc1ccc(/C=C/C(=O)NCCc2cncnc2)cc1OC. The zero-order valence-electron chi connectivity index (χ0n) is 13.2. The molecule has 0 unspecified atom stereocenters. The van der Waals surface area contributed by atoms with Gasteiger partial charge in [-0.25, -0.2) is 9.97 Å². The molecule has 1 aromatic heterocycles. The molecule has 0 spiro atoms. The predicted octanol–water partition coefficient (Wildman–Crippen LogP) is 1.87. The van der Waals surface area contributed by atoms with E-state index in [0.29, 0.717) is 24.5 Å². The predicted molar refractivity (Wildman–Crippen MR) is 87.3 cm³/mol. The number of nitrogens with one attached hydrogen (secondary N) is 1. The van der Waals surface area contributed by atoms with Gasteiger partial charge in [-0.1, -0.05) is 6.07 Å². The van der Waals surface area contributed by atoms with Crippen LogP contribution in [0.1, 0.15) is 11.1 Å². The Morgan fingerprint density at radius 2 is 1.91 bits per heavy atom. The van der Waals surface area contributed by atoms with Crippen LogP contribution in [0.5, 0.6) is 11.5 Å². The largest absolute Gasteiger partial charge is 0.493 e. The lowest BCUT2D eigenvalue weighted by Crippen LogP contribution is -2.23. The van der Waals surface area contributed by atoms with Gasteiger partial charge in [0.2, 0.25) is 5.91 Å². The molecule has 6 nitrogen and oxygen atoms in total. The minimum absolute atomic E-state index is 0.156. The molecule has 6 heteroatoms. The average molecular weight is 313 g/mol. The summed E-state index contributed by atoms with van der Waals surface area (Å²) in [7, 11) is 3.16. The van der Waals surface area contributed by atoms with Crippen LogP contribution in [0, 0.1) is 0 Å². The van der Waals surface area contributed by atoms with E-state index in [2.05, 4.69) is 15.3 Å². The molecule has 1 amide bonds. The van der Waals surface area contributed by atoms with Crippen molar-refractivity contribution in [2.45, 2.75) is 6.42 Å². The molecule has 0 aliphatic carbocycles. The summed E-state index contributed by atoms with van der Waals surface area (Å²) in [4.78, 5) is 19.7. The molecule has 1 heterocycles. The standard InChI is InChI=1S/C17H19N3O3/c1-22-15-5-3-13(9-16(15)23-2)4-6-17(21)20-8-7-14-10-18-12-19-11-14/h3-6,9-12H,7-8H2,1-2H3,(H,20,21)/b6-4+. The van der Waals surface area contributed by atoms with Crippen LogP contribution in [0.4, 0.5) is 0 Å². The van der Waals surface area contributed by atoms with E-state index in [-0.39, 0.29) is 5.91 Å². The summed E-state index contributed by atoms with van der Waals surface area (Å²) < 4.78 is 10.4. The van der Waals surface area contributed by atoms with Crippen LogP contribution in [0.25, 0.3) is 6.08 Å². The summed E-state index contributed by atoms with van der Waals surface area (Å²) in [5.41, 5.74) is 1.84. The lowest BCUT2D eigenvalue weighted by atomic mass is 10.2. The highest BCUT2D eigenvalue weighted by atomic mass is 16.5. The Labute approximate surface area is 135 Å². The molecule has 0 fully saturated rings. The Balaban J connectivity index is 1.86. The van der Waals surface area contributed by atoms with E-state index in [1.807, 2.05) is 12.1 Å². The second kappa shape index (κ2) is 8.53. The lowest BCUT2D eigenvalue weighted by Gasteiger charge is -2.07. The van der Waals surface area contributed by atoms with Crippen molar-refractivity contribution < 1.29 is 14.3 Å². The Morgan fingerprint density at radius 3 is 2.61 bits per heavy atom. The maximum atomic E-state index is 11.8. The number of hydrogen-bond acceptors (Lipinski definition) is 5. The van der Waals surface area contributed by atoms with Gasteiger partial charge in [0.25, 0.3) is 0 Å². The van der Waals surface area contributed by atoms with Crippen molar-refractivity contribution in [1.29, 1.82) is 0 Å². The van der Waals surface area contributed by atoms with Crippen LogP contribution in [0.15, 0.2) is 43.0 Å². The number of amides is 1. The van der Waals surface area contributed by atoms with E-state index in [4.69, 9.17) is 9.47 Å². The van der Waals surface area contributed by atoms with Gasteiger partial charge in [-0.15, -0.1) is 0 Å². The van der Waals surface area contributed by atoms with E-state index in [0.717, 1.165) is 11.1 Å². The van der Waals surface area contributed by atoms with Gasteiger partial charge < -0.3 is 14.8 Å². The number of benzene rings is 1. The van der Waals surface area contributed by atoms with Crippen LogP contribution in [-0.4, -0.2) is 36.6 Å². The molecular formula is C17H19N3O3. The molecule has 120 valence electrons. The Bertz CT molecular complexity index is 672. The third kappa shape index (κ3) is 5.10. The molecule has 0 bridgehead atoms. The zero-order chi connectivity index (χ0) is 16.5. The van der Waals surface area contributed by atoms with Crippen LogP contribution in [-0.2, 0) is 11.2 Å². The highest BCUT2D eigenvalue weighted by molar-refractivity contribution is 5.91. The van der Waals surface area contributed by atoms with Crippen molar-refractivity contribution in [3.05, 3.63) is 54.1 Å². The number of rotatable bonds is 7. The first-order valence-corrected chi connectivity index (χ1v) is 7.14. The van der Waals surface area contributed by atoms with E-state index in [9.17, 15) is 4.79 Å². The monoisotopic (exact) mass is 313 g/mol. The van der Waals surface area contributed by atoms with Crippen LogP contribution in [0.3, 0.4) is 0 Å². The molecule has 0 aliphatic rings. The number of methoxy groups -OCH3 is 2. The summed E-state index contributed by atoms with van der Waals surface area (Å²) in [5.74, 6) is 1.12. The van der Waals surface area contributed by atoms with Gasteiger partial charge in [-0.2, -0.15) is 0 Å². The van der Waals surface area contributed by atoms with Crippen molar-refractivity contribution in [2.24, 2.45) is 0 Å². The van der Waals surface area contributed by atoms with E-state index in [1.165, 1.54) is 12.4 Å². The van der Waals surface area contributed by atoms with Gasteiger partial charge in [0.15, 0.2) is 11.5 Å². The third-order valence-electron chi connectivity index (χ3n) is 3.16. The Morgan fingerprint density at radius 1 is 1.17 bits per heavy atom. The van der Waals surface area contributed by atoms with Crippen molar-refractivity contribution >= 4 is 12.0 Å². The number of carbonyl (C=O) groups excluding carboxylic acids is 1. The zero-order valence-corrected chi connectivity index (χ0v) is 13.2. The van der Waals surface area contributed by atoms with Crippen LogP contribution in [0.2, 0.25) is 0 Å². The van der Waals surface area contributed by atoms with E-state index >= 15 is 0 Å². The molecule has 0 aliphatic heterocycles. The second-order valence-corrected chi connectivity index (χ2v) is 4.74.